The zero-order valence-corrected chi connectivity index (χ0v) is 20.2. The molecule has 2 aliphatic heterocycles. The number of hydrogen-bond donors (Lipinski definition) is 2. The fraction of sp³-hybridized carbons (Fsp3) is 0.542. The van der Waals surface area contributed by atoms with Crippen molar-refractivity contribution in [2.45, 2.75) is 56.7 Å². The third-order valence-corrected chi connectivity index (χ3v) is 9.41. The smallest absolute Gasteiger partial charge is 0.178 e. The molecular weight excluding hydrogens is 422 g/mol. The number of nitrogens with two attached hydrogens (primary N) is 1. The van der Waals surface area contributed by atoms with Crippen LogP contribution in [0.4, 0.5) is 0 Å². The van der Waals surface area contributed by atoms with Crippen LogP contribution in [0.25, 0.3) is 0 Å². The Balaban J connectivity index is 2.23. The maximum absolute atomic E-state index is 10.8. The largest absolute Gasteiger partial charge is 0.386 e. The van der Waals surface area contributed by atoms with Crippen LogP contribution < -0.4 is 11.1 Å². The summed E-state index contributed by atoms with van der Waals surface area (Å²) in [6, 6.07) is 14.5. The number of thioether (sulfide) groups is 2. The quantitative estimate of drug-likeness (QED) is 0.386. The zero-order chi connectivity index (χ0) is 22.5. The van der Waals surface area contributed by atoms with Gasteiger partial charge >= 0.3 is 0 Å². The number of aliphatic imine (C=N–C) groups is 1. The minimum atomic E-state index is -1.29. The van der Waals surface area contributed by atoms with Gasteiger partial charge in [0.2, 0.25) is 0 Å². The first-order valence-electron chi connectivity index (χ1n) is 10.9. The molecule has 3 N–H and O–H groups in total. The van der Waals surface area contributed by atoms with E-state index >= 15 is 0 Å². The predicted octanol–water partition coefficient (Wildman–Crippen LogP) is 5.35. The molecule has 0 saturated heterocycles. The second-order valence-electron chi connectivity index (χ2n) is 8.14. The Morgan fingerprint density at radius 1 is 1.06 bits per heavy atom. The number of nitrogens with zero attached hydrogens (tertiary/aromatic N) is 3. The molecular formula is C24H31N5S2. The van der Waals surface area contributed by atoms with Crippen molar-refractivity contribution in [2.75, 3.05) is 11.5 Å². The summed E-state index contributed by atoms with van der Waals surface area (Å²) >= 11 is 3.36. The maximum Gasteiger partial charge on any atom is 0.178 e. The number of benzene rings is 1. The van der Waals surface area contributed by atoms with Crippen LogP contribution >= 0.6 is 23.5 Å². The van der Waals surface area contributed by atoms with E-state index in [0.29, 0.717) is 0 Å². The van der Waals surface area contributed by atoms with Crippen molar-refractivity contribution >= 4 is 29.4 Å². The Hall–Kier alpha value is -2.09. The van der Waals surface area contributed by atoms with Crippen LogP contribution in [-0.4, -0.2) is 21.5 Å². The first-order chi connectivity index (χ1) is 15.0. The van der Waals surface area contributed by atoms with Gasteiger partial charge in [-0.25, -0.2) is 4.99 Å². The second-order valence-corrected chi connectivity index (χ2v) is 11.0. The lowest BCUT2D eigenvalue weighted by atomic mass is 9.58. The first kappa shape index (κ1) is 23.6. The Kier molecular flexibility index (Phi) is 7.29. The third kappa shape index (κ3) is 3.62. The molecule has 0 amide bonds. The van der Waals surface area contributed by atoms with E-state index in [1.165, 1.54) is 0 Å². The molecule has 0 radical (unpaired) electrons. The van der Waals surface area contributed by atoms with Crippen LogP contribution in [0, 0.1) is 33.5 Å². The Morgan fingerprint density at radius 2 is 1.68 bits per heavy atom. The SMILES string of the molecule is CCCCSC1(SCCCC)N=C(N)[C@]2(C#N)[C@H](c3ccccc3)NC(C)=C[C@@]12C#N. The molecule has 3 atom stereocenters. The van der Waals surface area contributed by atoms with E-state index in [9.17, 15) is 10.5 Å². The monoisotopic (exact) mass is 453 g/mol. The highest BCUT2D eigenvalue weighted by Crippen LogP contribution is 2.69. The lowest BCUT2D eigenvalue weighted by Gasteiger charge is -2.49. The topological polar surface area (TPSA) is 98.0 Å². The van der Waals surface area contributed by atoms with E-state index in [0.717, 1.165) is 48.4 Å². The molecule has 5 nitrogen and oxygen atoms in total. The molecule has 2 heterocycles. The summed E-state index contributed by atoms with van der Waals surface area (Å²) in [4.78, 5) is 5.00. The van der Waals surface area contributed by atoms with Crippen molar-refractivity contribution < 1.29 is 0 Å². The molecule has 7 heteroatoms. The zero-order valence-electron chi connectivity index (χ0n) is 18.5. The van der Waals surface area contributed by atoms with Gasteiger partial charge in [0.25, 0.3) is 0 Å². The van der Waals surface area contributed by atoms with Gasteiger partial charge in [0.15, 0.2) is 9.62 Å². The molecule has 0 aliphatic carbocycles. The number of hydrogen-bond acceptors (Lipinski definition) is 7. The first-order valence-corrected chi connectivity index (χ1v) is 12.9. The van der Waals surface area contributed by atoms with E-state index in [1.807, 2.05) is 43.3 Å². The number of allylic oxidation sites excluding steroid dienone is 1. The second kappa shape index (κ2) is 9.59. The van der Waals surface area contributed by atoms with Crippen molar-refractivity contribution in [3.63, 3.8) is 0 Å². The number of nitriles is 2. The summed E-state index contributed by atoms with van der Waals surface area (Å²) < 4.78 is -0.845. The molecule has 0 saturated carbocycles. The molecule has 1 aromatic rings. The lowest BCUT2D eigenvalue weighted by Crippen LogP contribution is -2.59. The van der Waals surface area contributed by atoms with Crippen LogP contribution in [0.1, 0.15) is 58.1 Å². The number of nitrogens with one attached hydrogen (secondary N) is 1. The Labute approximate surface area is 194 Å². The average molecular weight is 454 g/mol. The number of unbranched alkanes of at least 4 members (excludes halogenated alkanes) is 2. The highest BCUT2D eigenvalue weighted by atomic mass is 32.2. The van der Waals surface area contributed by atoms with Crippen molar-refractivity contribution in [3.8, 4) is 12.1 Å². The van der Waals surface area contributed by atoms with Crippen molar-refractivity contribution in [3.05, 3.63) is 47.7 Å². The molecule has 1 aromatic carbocycles. The Morgan fingerprint density at radius 3 is 2.19 bits per heavy atom. The van der Waals surface area contributed by atoms with Gasteiger partial charge < -0.3 is 11.1 Å². The van der Waals surface area contributed by atoms with Gasteiger partial charge in [-0.15, -0.1) is 23.5 Å². The molecule has 2 aliphatic rings. The Bertz CT molecular complexity index is 920. The van der Waals surface area contributed by atoms with Crippen LogP contribution in [0.5, 0.6) is 0 Å². The maximum atomic E-state index is 10.8. The van der Waals surface area contributed by atoms with Gasteiger partial charge in [-0.1, -0.05) is 57.0 Å². The van der Waals surface area contributed by atoms with Gasteiger partial charge in [-0.3, -0.25) is 0 Å². The minimum absolute atomic E-state index is 0.259. The number of rotatable bonds is 9. The molecule has 0 unspecified atom stereocenters. The van der Waals surface area contributed by atoms with Gasteiger partial charge in [-0.05, 0) is 42.9 Å². The molecule has 0 spiro atoms. The van der Waals surface area contributed by atoms with Crippen LogP contribution in [0.15, 0.2) is 47.1 Å². The molecule has 3 rings (SSSR count). The summed E-state index contributed by atoms with van der Waals surface area (Å²) in [5, 5.41) is 24.9. The van der Waals surface area contributed by atoms with Crippen LogP contribution in [-0.2, 0) is 0 Å². The fourth-order valence-corrected chi connectivity index (χ4v) is 8.06. The lowest BCUT2D eigenvalue weighted by molar-refractivity contribution is 0.218. The fourth-order valence-electron chi connectivity index (χ4n) is 4.49. The van der Waals surface area contributed by atoms with E-state index in [1.54, 1.807) is 23.5 Å². The van der Waals surface area contributed by atoms with E-state index < -0.39 is 21.1 Å². The molecule has 0 bridgehead atoms. The minimum Gasteiger partial charge on any atom is -0.386 e. The van der Waals surface area contributed by atoms with E-state index in [4.69, 9.17) is 10.7 Å². The summed E-state index contributed by atoms with van der Waals surface area (Å²) in [6.45, 7) is 6.27. The molecule has 31 heavy (non-hydrogen) atoms. The van der Waals surface area contributed by atoms with Gasteiger partial charge in [0, 0.05) is 5.70 Å². The van der Waals surface area contributed by atoms with Gasteiger partial charge in [0.1, 0.15) is 11.3 Å². The van der Waals surface area contributed by atoms with Gasteiger partial charge in [0.05, 0.1) is 18.2 Å². The van der Waals surface area contributed by atoms with Crippen molar-refractivity contribution in [1.82, 2.24) is 5.32 Å². The summed E-state index contributed by atoms with van der Waals surface area (Å²) in [5.41, 5.74) is 5.98. The van der Waals surface area contributed by atoms with Crippen molar-refractivity contribution in [1.29, 1.82) is 10.5 Å². The van der Waals surface area contributed by atoms with Gasteiger partial charge in [-0.2, -0.15) is 10.5 Å². The highest BCUT2D eigenvalue weighted by molar-refractivity contribution is 8.18. The summed E-state index contributed by atoms with van der Waals surface area (Å²) in [7, 11) is 0. The van der Waals surface area contributed by atoms with E-state index in [-0.39, 0.29) is 5.84 Å². The average Bonchev–Trinajstić information content (AvgIpc) is 2.99. The van der Waals surface area contributed by atoms with Crippen molar-refractivity contribution in [2.24, 2.45) is 21.6 Å². The number of amidine groups is 1. The molecule has 164 valence electrons. The third-order valence-electron chi connectivity index (χ3n) is 6.11. The summed E-state index contributed by atoms with van der Waals surface area (Å²) in [6.07, 6.45) is 6.11. The van der Waals surface area contributed by atoms with Crippen LogP contribution in [0.3, 0.4) is 0 Å². The van der Waals surface area contributed by atoms with E-state index in [2.05, 4.69) is 31.3 Å². The normalized spacial score (nSPS) is 28.5. The predicted molar refractivity (Wildman–Crippen MR) is 131 cm³/mol. The standard InChI is InChI=1S/C24H31N5S2/c1-4-6-13-30-24(31-14-7-5-2)22(16-25)15-18(3)28-20(19-11-9-8-10-12-19)23(22,17-26)21(27)29-24/h8-12,15,20,28H,4-7,13-14H2,1-3H3,(H2,27,29)/t20-,22-,23-/m0/s1. The summed E-state index contributed by atoms with van der Waals surface area (Å²) in [5.74, 6) is 2.00. The molecule has 0 aromatic heterocycles. The molecule has 0 fully saturated rings. The number of fused-ring (bicyclic) bond motifs is 1. The highest BCUT2D eigenvalue weighted by Gasteiger charge is 2.75. The van der Waals surface area contributed by atoms with Crippen LogP contribution in [0.2, 0.25) is 0 Å².